The first-order valence-electron chi connectivity index (χ1n) is 7.58. The van der Waals surface area contributed by atoms with Crippen LogP contribution >= 0.6 is 24.0 Å². The van der Waals surface area contributed by atoms with Gasteiger partial charge in [-0.1, -0.05) is 18.2 Å². The minimum absolute atomic E-state index is 0. The summed E-state index contributed by atoms with van der Waals surface area (Å²) in [5.74, 6) is 0.242. The lowest BCUT2D eigenvalue weighted by atomic mass is 10.1. The van der Waals surface area contributed by atoms with E-state index in [9.17, 15) is 13.2 Å². The third-order valence-corrected chi connectivity index (χ3v) is 3.18. The maximum atomic E-state index is 12.4. The minimum atomic E-state index is -4.73. The summed E-state index contributed by atoms with van der Waals surface area (Å²) in [6.07, 6.45) is -4.73. The van der Waals surface area contributed by atoms with Crippen LogP contribution in [0.15, 0.2) is 29.3 Å². The maximum Gasteiger partial charge on any atom is 0.573 e. The van der Waals surface area contributed by atoms with Gasteiger partial charge in [0.25, 0.3) is 0 Å². The van der Waals surface area contributed by atoms with Crippen LogP contribution in [-0.4, -0.2) is 38.1 Å². The van der Waals surface area contributed by atoms with Crippen LogP contribution in [0.3, 0.4) is 0 Å². The molecule has 0 unspecified atom stereocenters. The molecule has 1 aromatic rings. The van der Waals surface area contributed by atoms with Gasteiger partial charge in [-0.15, -0.1) is 37.1 Å². The highest BCUT2D eigenvalue weighted by molar-refractivity contribution is 14.0. The molecule has 25 heavy (non-hydrogen) atoms. The monoisotopic (exact) mass is 475 g/mol. The lowest BCUT2D eigenvalue weighted by Crippen LogP contribution is -2.45. The summed E-state index contributed by atoms with van der Waals surface area (Å²) in [5, 5.41) is 6.14. The van der Waals surface area contributed by atoms with Gasteiger partial charge in [0.15, 0.2) is 5.96 Å². The van der Waals surface area contributed by atoms with Crippen molar-refractivity contribution in [3.05, 3.63) is 29.8 Å². The molecule has 0 amide bonds. The van der Waals surface area contributed by atoms with E-state index in [2.05, 4.69) is 20.4 Å². The van der Waals surface area contributed by atoms with E-state index in [1.165, 1.54) is 12.1 Å². The van der Waals surface area contributed by atoms with Gasteiger partial charge in [-0.05, 0) is 26.8 Å². The number of halogens is 4. The lowest BCUT2D eigenvalue weighted by molar-refractivity contribution is -0.274. The number of ether oxygens (including phenoxy) is 2. The summed E-state index contributed by atoms with van der Waals surface area (Å²) in [6.45, 7) is 6.90. The summed E-state index contributed by atoms with van der Waals surface area (Å²) in [7, 11) is 1.61. The SMILES string of the molecule is CCNC(=NCc1ccccc1OC(F)(F)F)NCC(C)(C)OC.I. The van der Waals surface area contributed by atoms with E-state index in [1.54, 1.807) is 19.2 Å². The van der Waals surface area contributed by atoms with E-state index >= 15 is 0 Å². The Labute approximate surface area is 163 Å². The predicted octanol–water partition coefficient (Wildman–Crippen LogP) is 3.68. The third kappa shape index (κ3) is 9.73. The van der Waals surface area contributed by atoms with Crippen LogP contribution in [0.25, 0.3) is 0 Å². The summed E-state index contributed by atoms with van der Waals surface area (Å²) in [5.41, 5.74) is -0.0499. The molecule has 0 heterocycles. The van der Waals surface area contributed by atoms with Gasteiger partial charge in [-0.25, -0.2) is 4.99 Å². The smallest absolute Gasteiger partial charge is 0.405 e. The van der Waals surface area contributed by atoms with Gasteiger partial charge >= 0.3 is 6.36 Å². The number of benzene rings is 1. The highest BCUT2D eigenvalue weighted by Gasteiger charge is 2.31. The Kier molecular flexibility index (Phi) is 10.2. The normalized spacial score (nSPS) is 12.4. The summed E-state index contributed by atoms with van der Waals surface area (Å²) in [6, 6.07) is 5.95. The van der Waals surface area contributed by atoms with Crippen LogP contribution < -0.4 is 15.4 Å². The van der Waals surface area contributed by atoms with Crippen LogP contribution in [-0.2, 0) is 11.3 Å². The molecule has 0 fully saturated rings. The van der Waals surface area contributed by atoms with E-state index in [4.69, 9.17) is 4.74 Å². The molecule has 0 aliphatic heterocycles. The molecule has 0 aliphatic carbocycles. The molecular weight excluding hydrogens is 450 g/mol. The van der Waals surface area contributed by atoms with Crippen LogP contribution in [0.2, 0.25) is 0 Å². The topological polar surface area (TPSA) is 54.9 Å². The van der Waals surface area contributed by atoms with Gasteiger partial charge in [0, 0.05) is 25.8 Å². The first-order valence-corrected chi connectivity index (χ1v) is 7.58. The maximum absolute atomic E-state index is 12.4. The van der Waals surface area contributed by atoms with Crippen molar-refractivity contribution in [2.45, 2.75) is 39.3 Å². The average molecular weight is 475 g/mol. The number of guanidine groups is 1. The van der Waals surface area contributed by atoms with Crippen molar-refractivity contribution >= 4 is 29.9 Å². The van der Waals surface area contributed by atoms with Crippen molar-refractivity contribution in [2.75, 3.05) is 20.2 Å². The first kappa shape index (κ1) is 23.8. The molecular formula is C16H25F3IN3O2. The fourth-order valence-electron chi connectivity index (χ4n) is 1.73. The zero-order valence-electron chi connectivity index (χ0n) is 14.7. The molecule has 0 atom stereocenters. The minimum Gasteiger partial charge on any atom is -0.405 e. The van der Waals surface area contributed by atoms with E-state index in [0.717, 1.165) is 0 Å². The van der Waals surface area contributed by atoms with E-state index in [0.29, 0.717) is 24.6 Å². The van der Waals surface area contributed by atoms with Crippen molar-refractivity contribution in [1.82, 2.24) is 10.6 Å². The Bertz CT molecular complexity index is 552. The number of methoxy groups -OCH3 is 1. The molecule has 9 heteroatoms. The second-order valence-electron chi connectivity index (χ2n) is 5.67. The van der Waals surface area contributed by atoms with Crippen molar-refractivity contribution in [1.29, 1.82) is 0 Å². The van der Waals surface area contributed by atoms with Crippen molar-refractivity contribution in [3.63, 3.8) is 0 Å². The highest BCUT2D eigenvalue weighted by Crippen LogP contribution is 2.26. The van der Waals surface area contributed by atoms with Gasteiger partial charge < -0.3 is 20.1 Å². The number of hydrogen-bond acceptors (Lipinski definition) is 3. The molecule has 144 valence electrons. The van der Waals surface area contributed by atoms with Gasteiger partial charge in [-0.3, -0.25) is 0 Å². The fourth-order valence-corrected chi connectivity index (χ4v) is 1.73. The van der Waals surface area contributed by atoms with Gasteiger partial charge in [0.2, 0.25) is 0 Å². The molecule has 0 saturated carbocycles. The van der Waals surface area contributed by atoms with Gasteiger partial charge in [0.1, 0.15) is 5.75 Å². The fraction of sp³-hybridized carbons (Fsp3) is 0.562. The number of rotatable bonds is 7. The summed E-state index contributed by atoms with van der Waals surface area (Å²) >= 11 is 0. The van der Waals surface area contributed by atoms with Gasteiger partial charge in [0.05, 0.1) is 12.1 Å². The van der Waals surface area contributed by atoms with Crippen LogP contribution in [0.1, 0.15) is 26.3 Å². The Balaban J connectivity index is 0.00000576. The largest absolute Gasteiger partial charge is 0.573 e. The van der Waals surface area contributed by atoms with Crippen molar-refractivity contribution in [3.8, 4) is 5.75 Å². The second-order valence-corrected chi connectivity index (χ2v) is 5.67. The first-order chi connectivity index (χ1) is 11.2. The zero-order chi connectivity index (χ0) is 18.2. The number of nitrogens with zero attached hydrogens (tertiary/aromatic N) is 1. The van der Waals surface area contributed by atoms with E-state index < -0.39 is 12.0 Å². The molecule has 0 bridgehead atoms. The lowest BCUT2D eigenvalue weighted by Gasteiger charge is -2.24. The third-order valence-electron chi connectivity index (χ3n) is 3.18. The Morgan fingerprint density at radius 3 is 2.36 bits per heavy atom. The Morgan fingerprint density at radius 1 is 1.16 bits per heavy atom. The summed E-state index contributed by atoms with van der Waals surface area (Å²) in [4.78, 5) is 4.30. The number of hydrogen-bond donors (Lipinski definition) is 2. The van der Waals surface area contributed by atoms with Gasteiger partial charge in [-0.2, -0.15) is 0 Å². The van der Waals surface area contributed by atoms with Crippen molar-refractivity contribution in [2.24, 2.45) is 4.99 Å². The molecule has 1 aromatic carbocycles. The van der Waals surface area contributed by atoms with E-state index in [-0.39, 0.29) is 36.3 Å². The Hall–Kier alpha value is -1.23. The highest BCUT2D eigenvalue weighted by atomic mass is 127. The van der Waals surface area contributed by atoms with E-state index in [1.807, 2.05) is 20.8 Å². The number of nitrogens with one attached hydrogen (secondary N) is 2. The molecule has 0 saturated heterocycles. The molecule has 5 nitrogen and oxygen atoms in total. The van der Waals surface area contributed by atoms with Crippen molar-refractivity contribution < 1.29 is 22.6 Å². The quantitative estimate of drug-likeness (QED) is 0.359. The molecule has 0 aromatic heterocycles. The van der Waals surface area contributed by atoms with Crippen LogP contribution in [0.5, 0.6) is 5.75 Å². The number of alkyl halides is 3. The zero-order valence-corrected chi connectivity index (χ0v) is 17.1. The number of para-hydroxylation sites is 1. The molecule has 0 spiro atoms. The molecule has 2 N–H and O–H groups in total. The standard InChI is InChI=1S/C16H24F3N3O2.HI/c1-5-20-14(22-11-15(2,3)23-4)21-10-12-8-6-7-9-13(12)24-16(17,18)19;/h6-9H,5,10-11H2,1-4H3,(H2,20,21,22);1H. The average Bonchev–Trinajstić information content (AvgIpc) is 2.50. The molecule has 0 aliphatic rings. The molecule has 1 rings (SSSR count). The second kappa shape index (κ2) is 10.7. The number of aliphatic imine (C=N–C) groups is 1. The van der Waals surface area contributed by atoms with Crippen LogP contribution in [0, 0.1) is 0 Å². The predicted molar refractivity (Wildman–Crippen MR) is 102 cm³/mol. The molecule has 0 radical (unpaired) electrons. The Morgan fingerprint density at radius 2 is 1.80 bits per heavy atom. The van der Waals surface area contributed by atoms with Crippen LogP contribution in [0.4, 0.5) is 13.2 Å². The summed E-state index contributed by atoms with van der Waals surface area (Å²) < 4.78 is 46.6.